The molecule has 0 atom stereocenters. The van der Waals surface area contributed by atoms with Gasteiger partial charge in [0.1, 0.15) is 0 Å². The van der Waals surface area contributed by atoms with Crippen molar-refractivity contribution in [3.63, 3.8) is 0 Å². The highest BCUT2D eigenvalue weighted by Crippen LogP contribution is 2.39. The summed E-state index contributed by atoms with van der Waals surface area (Å²) in [7, 11) is 0. The third-order valence-electron chi connectivity index (χ3n) is 4.96. The Labute approximate surface area is 181 Å². The first-order chi connectivity index (χ1) is 14.4. The second-order valence-electron chi connectivity index (χ2n) is 7.96. The molecule has 0 aliphatic heterocycles. The molecule has 3 nitrogen and oxygen atoms in total. The van der Waals surface area contributed by atoms with E-state index in [9.17, 15) is 4.79 Å². The molecule has 2 aromatic rings. The standard InChI is InChI=1S/C27H33NO2/c1-8-11-12-17-22-23(21-16-14-13-15-20(21)9-2)24(27(29)30-10-3)26(19(6)7)28-25(22)18(4)5/h2,12-19H,8,10-11H2,1,3-7H3/b17-12+. The monoisotopic (exact) mass is 403 g/mol. The number of benzene rings is 1. The fraction of sp³-hybridized carbons (Fsp3) is 0.407. The van der Waals surface area contributed by atoms with Crippen LogP contribution in [-0.4, -0.2) is 17.6 Å². The zero-order valence-corrected chi connectivity index (χ0v) is 19.1. The first-order valence-corrected chi connectivity index (χ1v) is 10.8. The largest absolute Gasteiger partial charge is 0.462 e. The van der Waals surface area contributed by atoms with Crippen molar-refractivity contribution in [1.29, 1.82) is 0 Å². The molecule has 0 fully saturated rings. The molecule has 1 aromatic heterocycles. The average molecular weight is 404 g/mol. The maximum Gasteiger partial charge on any atom is 0.340 e. The number of rotatable bonds is 8. The molecule has 3 heteroatoms. The number of allylic oxidation sites excluding steroid dienone is 1. The highest BCUT2D eigenvalue weighted by molar-refractivity contribution is 6.02. The number of esters is 1. The number of aromatic nitrogens is 1. The Morgan fingerprint density at radius 3 is 2.37 bits per heavy atom. The third-order valence-corrected chi connectivity index (χ3v) is 4.96. The lowest BCUT2D eigenvalue weighted by atomic mass is 9.85. The molecular weight excluding hydrogens is 370 g/mol. The number of terminal acetylenes is 1. The molecule has 30 heavy (non-hydrogen) atoms. The minimum Gasteiger partial charge on any atom is -0.462 e. The van der Waals surface area contributed by atoms with Crippen molar-refractivity contribution in [2.75, 3.05) is 6.61 Å². The number of pyridine rings is 1. The van der Waals surface area contributed by atoms with Crippen LogP contribution < -0.4 is 0 Å². The van der Waals surface area contributed by atoms with E-state index in [2.05, 4.69) is 52.7 Å². The van der Waals surface area contributed by atoms with Gasteiger partial charge in [-0.25, -0.2) is 4.79 Å². The summed E-state index contributed by atoms with van der Waals surface area (Å²) in [4.78, 5) is 18.2. The van der Waals surface area contributed by atoms with Crippen LogP contribution in [0, 0.1) is 12.3 Å². The van der Waals surface area contributed by atoms with E-state index in [0.717, 1.165) is 46.5 Å². The lowest BCUT2D eigenvalue weighted by Gasteiger charge is -2.23. The predicted molar refractivity (Wildman–Crippen MR) is 126 cm³/mol. The molecule has 0 saturated carbocycles. The number of hydrogen-bond donors (Lipinski definition) is 0. The van der Waals surface area contributed by atoms with Crippen LogP contribution in [0.15, 0.2) is 30.3 Å². The molecule has 0 aliphatic carbocycles. The van der Waals surface area contributed by atoms with Crippen LogP contribution in [0.25, 0.3) is 17.2 Å². The number of hydrogen-bond acceptors (Lipinski definition) is 3. The normalized spacial score (nSPS) is 11.3. The molecule has 0 N–H and O–H groups in total. The number of unbranched alkanes of at least 4 members (excludes halogenated alkanes) is 1. The summed E-state index contributed by atoms with van der Waals surface area (Å²) in [6.07, 6.45) is 12.1. The first-order valence-electron chi connectivity index (χ1n) is 10.8. The van der Waals surface area contributed by atoms with Crippen molar-refractivity contribution in [2.24, 2.45) is 0 Å². The lowest BCUT2D eigenvalue weighted by molar-refractivity contribution is 0.0525. The zero-order valence-electron chi connectivity index (χ0n) is 19.1. The summed E-state index contributed by atoms with van der Waals surface area (Å²) in [6.45, 7) is 12.6. The van der Waals surface area contributed by atoms with E-state index < -0.39 is 0 Å². The number of ether oxygens (including phenoxy) is 1. The Morgan fingerprint density at radius 2 is 1.80 bits per heavy atom. The van der Waals surface area contributed by atoms with Crippen molar-refractivity contribution < 1.29 is 9.53 Å². The summed E-state index contributed by atoms with van der Waals surface area (Å²) in [5.74, 6) is 2.69. The summed E-state index contributed by atoms with van der Waals surface area (Å²) in [6, 6.07) is 7.77. The number of carbonyl (C=O) groups excluding carboxylic acids is 1. The quantitative estimate of drug-likeness (QED) is 0.353. The second kappa shape index (κ2) is 10.8. The molecule has 0 spiro atoms. The highest BCUT2D eigenvalue weighted by atomic mass is 16.5. The van der Waals surface area contributed by atoms with Crippen molar-refractivity contribution in [2.45, 2.75) is 66.2 Å². The minimum atomic E-state index is -0.351. The molecule has 1 aromatic carbocycles. The summed E-state index contributed by atoms with van der Waals surface area (Å²) in [5.41, 5.74) is 5.65. The molecular formula is C27H33NO2. The van der Waals surface area contributed by atoms with Crippen molar-refractivity contribution in [3.05, 3.63) is 58.4 Å². The Morgan fingerprint density at radius 1 is 1.13 bits per heavy atom. The molecule has 0 amide bonds. The van der Waals surface area contributed by atoms with E-state index >= 15 is 0 Å². The van der Waals surface area contributed by atoms with Gasteiger partial charge in [0, 0.05) is 16.7 Å². The topological polar surface area (TPSA) is 39.2 Å². The van der Waals surface area contributed by atoms with Crippen molar-refractivity contribution in [3.8, 4) is 23.5 Å². The van der Waals surface area contributed by atoms with Crippen LogP contribution in [0.4, 0.5) is 0 Å². The van der Waals surface area contributed by atoms with E-state index in [-0.39, 0.29) is 17.8 Å². The van der Waals surface area contributed by atoms with Crippen molar-refractivity contribution in [1.82, 2.24) is 4.98 Å². The van der Waals surface area contributed by atoms with Crippen LogP contribution in [0.3, 0.4) is 0 Å². The molecule has 0 radical (unpaired) electrons. The van der Waals surface area contributed by atoms with Gasteiger partial charge in [0.2, 0.25) is 0 Å². The van der Waals surface area contributed by atoms with Gasteiger partial charge >= 0.3 is 5.97 Å². The molecule has 0 unspecified atom stereocenters. The highest BCUT2D eigenvalue weighted by Gasteiger charge is 2.28. The average Bonchev–Trinajstić information content (AvgIpc) is 2.72. The van der Waals surface area contributed by atoms with Crippen LogP contribution in [0.1, 0.15) is 99.1 Å². The molecule has 0 aliphatic rings. The number of carbonyl (C=O) groups is 1. The van der Waals surface area contributed by atoms with Crippen LogP contribution in [0.5, 0.6) is 0 Å². The lowest BCUT2D eigenvalue weighted by Crippen LogP contribution is -2.17. The van der Waals surface area contributed by atoms with E-state index in [1.807, 2.05) is 31.2 Å². The minimum absolute atomic E-state index is 0.0623. The van der Waals surface area contributed by atoms with Gasteiger partial charge in [-0.2, -0.15) is 0 Å². The van der Waals surface area contributed by atoms with Gasteiger partial charge in [-0.3, -0.25) is 4.98 Å². The Hall–Kier alpha value is -2.86. The number of nitrogens with zero attached hydrogens (tertiary/aromatic N) is 1. The Bertz CT molecular complexity index is 962. The maximum absolute atomic E-state index is 13.2. The smallest absolute Gasteiger partial charge is 0.340 e. The van der Waals surface area contributed by atoms with Gasteiger partial charge in [-0.05, 0) is 36.8 Å². The third kappa shape index (κ3) is 5.00. The molecule has 0 saturated heterocycles. The van der Waals surface area contributed by atoms with Gasteiger partial charge in [-0.15, -0.1) is 6.42 Å². The molecule has 2 rings (SSSR count). The molecule has 1 heterocycles. The van der Waals surface area contributed by atoms with E-state index in [1.54, 1.807) is 0 Å². The van der Waals surface area contributed by atoms with Gasteiger partial charge in [0.15, 0.2) is 0 Å². The van der Waals surface area contributed by atoms with Gasteiger partial charge in [0.05, 0.1) is 23.6 Å². The zero-order chi connectivity index (χ0) is 22.3. The van der Waals surface area contributed by atoms with Crippen LogP contribution in [-0.2, 0) is 4.74 Å². The van der Waals surface area contributed by atoms with Crippen molar-refractivity contribution >= 4 is 12.0 Å². The Balaban J connectivity index is 3.07. The second-order valence-corrected chi connectivity index (χ2v) is 7.96. The summed E-state index contributed by atoms with van der Waals surface area (Å²) >= 11 is 0. The summed E-state index contributed by atoms with van der Waals surface area (Å²) < 4.78 is 5.48. The van der Waals surface area contributed by atoms with E-state index in [1.165, 1.54) is 0 Å². The van der Waals surface area contributed by atoms with E-state index in [4.69, 9.17) is 16.1 Å². The van der Waals surface area contributed by atoms with E-state index in [0.29, 0.717) is 12.2 Å². The first kappa shape index (κ1) is 23.4. The SMILES string of the molecule is C#Cc1ccccc1-c1c(/C=C/CCC)c(C(C)C)nc(C(C)C)c1C(=O)OCC. The Kier molecular flexibility index (Phi) is 8.42. The van der Waals surface area contributed by atoms with Crippen LogP contribution >= 0.6 is 0 Å². The van der Waals surface area contributed by atoms with Gasteiger partial charge in [-0.1, -0.05) is 77.3 Å². The van der Waals surface area contributed by atoms with Crippen LogP contribution in [0.2, 0.25) is 0 Å². The predicted octanol–water partition coefficient (Wildman–Crippen LogP) is 6.97. The fourth-order valence-electron chi connectivity index (χ4n) is 3.55. The fourth-order valence-corrected chi connectivity index (χ4v) is 3.55. The van der Waals surface area contributed by atoms with Gasteiger partial charge in [0.25, 0.3) is 0 Å². The maximum atomic E-state index is 13.2. The van der Waals surface area contributed by atoms with Gasteiger partial charge < -0.3 is 4.74 Å². The summed E-state index contributed by atoms with van der Waals surface area (Å²) in [5, 5.41) is 0. The molecule has 158 valence electrons. The molecule has 0 bridgehead atoms.